The predicted octanol–water partition coefficient (Wildman–Crippen LogP) is 3.11. The van der Waals surface area contributed by atoms with E-state index in [0.29, 0.717) is 10.6 Å². The summed E-state index contributed by atoms with van der Waals surface area (Å²) in [4.78, 5) is 35.2. The quantitative estimate of drug-likeness (QED) is 0.366. The number of aliphatic hydroxyl groups excluding tert-OH is 1. The molecule has 4 N–H and O–H groups in total. The normalized spacial score (nSPS) is 12.7. The average Bonchev–Trinajstić information content (AvgIpc) is 3.26. The number of nitrogens with zero attached hydrogens (tertiary/aromatic N) is 1. The smallest absolute Gasteiger partial charge is 0.332 e. The molecule has 0 saturated heterocycles. The van der Waals surface area contributed by atoms with E-state index in [1.54, 1.807) is 12.1 Å². The van der Waals surface area contributed by atoms with E-state index < -0.39 is 24.0 Å². The summed E-state index contributed by atoms with van der Waals surface area (Å²) >= 11 is 6.47. The van der Waals surface area contributed by atoms with Crippen LogP contribution in [-0.2, 0) is 11.2 Å². The van der Waals surface area contributed by atoms with Gasteiger partial charge in [0.25, 0.3) is 5.91 Å². The van der Waals surface area contributed by atoms with Gasteiger partial charge in [0.2, 0.25) is 0 Å². The first kappa shape index (κ1) is 23.2. The van der Waals surface area contributed by atoms with Crippen LogP contribution in [0.15, 0.2) is 54.6 Å². The molecule has 166 valence electrons. The fraction of sp³-hybridized carbons (Fsp3) is 0.217. The Bertz CT molecular complexity index is 1130. The van der Waals surface area contributed by atoms with Crippen LogP contribution >= 0.6 is 11.6 Å². The minimum Gasteiger partial charge on any atom is -0.479 e. The van der Waals surface area contributed by atoms with Gasteiger partial charge in [-0.25, -0.2) is 4.79 Å². The minimum atomic E-state index is -1.67. The molecule has 0 bridgehead atoms. The first-order chi connectivity index (χ1) is 15.2. The van der Waals surface area contributed by atoms with E-state index in [2.05, 4.69) is 15.5 Å². The molecule has 2 atom stereocenters. The first-order valence-corrected chi connectivity index (χ1v) is 10.2. The Balaban J connectivity index is 1.80. The average molecular weight is 456 g/mol. The van der Waals surface area contributed by atoms with Crippen LogP contribution in [0.25, 0.3) is 11.1 Å². The van der Waals surface area contributed by atoms with Crippen LogP contribution in [0, 0.1) is 0 Å². The highest BCUT2D eigenvalue weighted by atomic mass is 35.5. The summed E-state index contributed by atoms with van der Waals surface area (Å²) < 4.78 is 0. The fourth-order valence-corrected chi connectivity index (χ4v) is 3.49. The molecule has 0 aliphatic rings. The number of nitrogens with one attached hydrogen (secondary N) is 2. The van der Waals surface area contributed by atoms with Crippen LogP contribution in [-0.4, -0.2) is 50.2 Å². The Morgan fingerprint density at radius 3 is 2.41 bits per heavy atom. The number of carboxylic acid groups (broad SMARTS) is 1. The SMILES string of the molecule is CC(=O)c1cc(C(=O)N[C@H](Cc2ccc(-c3ccccc3)cc2Cl)C[C@@H](O)C(=O)O)[nH]n1. The van der Waals surface area contributed by atoms with Crippen molar-refractivity contribution in [2.75, 3.05) is 0 Å². The van der Waals surface area contributed by atoms with Crippen molar-refractivity contribution in [3.8, 4) is 11.1 Å². The third-order valence-corrected chi connectivity index (χ3v) is 5.29. The van der Waals surface area contributed by atoms with Crippen LogP contribution in [0.2, 0.25) is 5.02 Å². The van der Waals surface area contributed by atoms with Gasteiger partial charge in [-0.1, -0.05) is 54.1 Å². The monoisotopic (exact) mass is 455 g/mol. The van der Waals surface area contributed by atoms with Crippen molar-refractivity contribution in [2.24, 2.45) is 0 Å². The van der Waals surface area contributed by atoms with E-state index in [4.69, 9.17) is 16.7 Å². The summed E-state index contributed by atoms with van der Waals surface area (Å²) in [6, 6.07) is 15.7. The number of Topliss-reactive ketones (excluding diaryl/α,β-unsaturated/α-hetero) is 1. The van der Waals surface area contributed by atoms with Gasteiger partial charge < -0.3 is 15.5 Å². The molecule has 1 heterocycles. The maximum Gasteiger partial charge on any atom is 0.332 e. The highest BCUT2D eigenvalue weighted by Crippen LogP contribution is 2.27. The number of carbonyl (C=O) groups excluding carboxylic acids is 2. The molecule has 0 fully saturated rings. The van der Waals surface area contributed by atoms with Gasteiger partial charge in [0.1, 0.15) is 11.4 Å². The second-order valence-electron chi connectivity index (χ2n) is 7.36. The number of hydrogen-bond donors (Lipinski definition) is 4. The second kappa shape index (κ2) is 10.2. The number of ketones is 1. The van der Waals surface area contributed by atoms with Crippen molar-refractivity contribution in [3.63, 3.8) is 0 Å². The summed E-state index contributed by atoms with van der Waals surface area (Å²) in [5, 5.41) is 28.3. The number of carboxylic acids is 1. The van der Waals surface area contributed by atoms with Crippen molar-refractivity contribution in [1.82, 2.24) is 15.5 Å². The number of amides is 1. The van der Waals surface area contributed by atoms with Crippen LogP contribution in [0.4, 0.5) is 0 Å². The minimum absolute atomic E-state index is 0.0514. The molecule has 1 aromatic heterocycles. The van der Waals surface area contributed by atoms with Gasteiger partial charge in [0.15, 0.2) is 11.9 Å². The standard InChI is InChI=1S/C23H22ClN3O5/c1-13(28)19-12-20(27-26-19)22(30)25-17(11-21(29)23(31)32)9-16-8-7-15(10-18(16)24)14-5-3-2-4-6-14/h2-8,10,12,17,21,29H,9,11H2,1H3,(H,25,30)(H,26,27)(H,31,32)/t17-,21-/m1/s1. The van der Waals surface area contributed by atoms with Gasteiger partial charge in [-0.2, -0.15) is 5.10 Å². The highest BCUT2D eigenvalue weighted by molar-refractivity contribution is 6.31. The van der Waals surface area contributed by atoms with E-state index in [0.717, 1.165) is 11.1 Å². The Morgan fingerprint density at radius 1 is 1.09 bits per heavy atom. The Hall–Kier alpha value is -3.49. The third kappa shape index (κ3) is 5.81. The number of rotatable bonds is 9. The van der Waals surface area contributed by atoms with Crippen LogP contribution in [0.3, 0.4) is 0 Å². The summed E-state index contributed by atoms with van der Waals surface area (Å²) in [6.07, 6.45) is -1.71. The molecule has 0 aliphatic heterocycles. The van der Waals surface area contributed by atoms with Gasteiger partial charge in [0.05, 0.1) is 0 Å². The molecule has 0 unspecified atom stereocenters. The zero-order valence-corrected chi connectivity index (χ0v) is 18.0. The van der Waals surface area contributed by atoms with Crippen molar-refractivity contribution in [3.05, 3.63) is 76.6 Å². The van der Waals surface area contributed by atoms with E-state index >= 15 is 0 Å². The molecule has 3 rings (SSSR count). The van der Waals surface area contributed by atoms with Gasteiger partial charge in [-0.05, 0) is 35.2 Å². The summed E-state index contributed by atoms with van der Waals surface area (Å²) in [6.45, 7) is 1.32. The number of hydrogen-bond acceptors (Lipinski definition) is 5. The number of halogens is 1. The zero-order valence-electron chi connectivity index (χ0n) is 17.2. The number of aromatic nitrogens is 2. The molecule has 2 aromatic carbocycles. The van der Waals surface area contributed by atoms with E-state index in [1.165, 1.54) is 13.0 Å². The fourth-order valence-electron chi connectivity index (χ4n) is 3.23. The number of aliphatic carboxylic acids is 1. The van der Waals surface area contributed by atoms with Crippen LogP contribution in [0.5, 0.6) is 0 Å². The van der Waals surface area contributed by atoms with Gasteiger partial charge >= 0.3 is 5.97 Å². The van der Waals surface area contributed by atoms with E-state index in [9.17, 15) is 19.5 Å². The summed E-state index contributed by atoms with van der Waals surface area (Å²) in [7, 11) is 0. The van der Waals surface area contributed by atoms with Gasteiger partial charge in [-0.15, -0.1) is 0 Å². The number of benzene rings is 2. The maximum absolute atomic E-state index is 12.6. The highest BCUT2D eigenvalue weighted by Gasteiger charge is 2.24. The molecular weight excluding hydrogens is 434 g/mol. The zero-order chi connectivity index (χ0) is 23.3. The Kier molecular flexibility index (Phi) is 7.40. The Labute approximate surface area is 189 Å². The molecule has 0 aliphatic carbocycles. The predicted molar refractivity (Wildman–Crippen MR) is 119 cm³/mol. The molecule has 1 amide bonds. The van der Waals surface area contributed by atoms with E-state index in [1.807, 2.05) is 36.4 Å². The molecule has 0 radical (unpaired) electrons. The lowest BCUT2D eigenvalue weighted by Gasteiger charge is -2.21. The number of aliphatic hydroxyl groups is 1. The largest absolute Gasteiger partial charge is 0.479 e. The lowest BCUT2D eigenvalue weighted by Crippen LogP contribution is -2.40. The Morgan fingerprint density at radius 2 is 1.81 bits per heavy atom. The molecule has 3 aromatic rings. The van der Waals surface area contributed by atoms with Crippen LogP contribution in [0.1, 0.15) is 39.9 Å². The molecule has 0 spiro atoms. The molecular formula is C23H22ClN3O5. The van der Waals surface area contributed by atoms with E-state index in [-0.39, 0.29) is 30.0 Å². The number of carbonyl (C=O) groups is 3. The second-order valence-corrected chi connectivity index (χ2v) is 7.77. The maximum atomic E-state index is 12.6. The molecule has 0 saturated carbocycles. The summed E-state index contributed by atoms with van der Waals surface area (Å²) in [5.74, 6) is -2.27. The third-order valence-electron chi connectivity index (χ3n) is 4.94. The van der Waals surface area contributed by atoms with Crippen LogP contribution < -0.4 is 5.32 Å². The lowest BCUT2D eigenvalue weighted by atomic mass is 9.97. The number of H-pyrrole nitrogens is 1. The van der Waals surface area contributed by atoms with Gasteiger partial charge in [0, 0.05) is 24.4 Å². The number of aromatic amines is 1. The van der Waals surface area contributed by atoms with Crippen molar-refractivity contribution >= 4 is 29.3 Å². The van der Waals surface area contributed by atoms with Crippen molar-refractivity contribution in [2.45, 2.75) is 31.9 Å². The first-order valence-electron chi connectivity index (χ1n) is 9.86. The van der Waals surface area contributed by atoms with Gasteiger partial charge in [-0.3, -0.25) is 14.7 Å². The lowest BCUT2D eigenvalue weighted by molar-refractivity contribution is -0.147. The molecule has 9 heteroatoms. The molecule has 32 heavy (non-hydrogen) atoms. The van der Waals surface area contributed by atoms with Crippen molar-refractivity contribution < 1.29 is 24.6 Å². The van der Waals surface area contributed by atoms with Crippen molar-refractivity contribution in [1.29, 1.82) is 0 Å². The molecule has 8 nitrogen and oxygen atoms in total. The summed E-state index contributed by atoms with van der Waals surface area (Å²) in [5.41, 5.74) is 2.75. The topological polar surface area (TPSA) is 132 Å².